The lowest BCUT2D eigenvalue weighted by Crippen LogP contribution is -2.17. The van der Waals surface area contributed by atoms with Crippen LogP contribution in [0.2, 0.25) is 0 Å². The third-order valence-electron chi connectivity index (χ3n) is 2.28. The van der Waals surface area contributed by atoms with Crippen molar-refractivity contribution >= 4 is 0 Å². The van der Waals surface area contributed by atoms with Gasteiger partial charge in [0.1, 0.15) is 17.3 Å². The number of ether oxygens (including phenoxy) is 1. The molecule has 0 amide bonds. The van der Waals surface area contributed by atoms with Crippen LogP contribution in [0.3, 0.4) is 0 Å². The lowest BCUT2D eigenvalue weighted by Gasteiger charge is -2.11. The predicted octanol–water partition coefficient (Wildman–Crippen LogP) is 4.10. The standard InChI is InChI=1S/C13H8F4O2/c14-10-3-1-2-8(4-10)9-5-11(18)7-12(6-9)19-13(15,16)17/h1-7,18H. The van der Waals surface area contributed by atoms with Crippen LogP contribution in [-0.2, 0) is 0 Å². The minimum absolute atomic E-state index is 0.221. The molecule has 2 nitrogen and oxygen atoms in total. The molecular formula is C13H8F4O2. The van der Waals surface area contributed by atoms with Crippen LogP contribution in [0.5, 0.6) is 11.5 Å². The van der Waals surface area contributed by atoms with Gasteiger partial charge in [0.15, 0.2) is 0 Å². The SMILES string of the molecule is Oc1cc(OC(F)(F)F)cc(-c2cccc(F)c2)c1. The van der Waals surface area contributed by atoms with Crippen molar-refractivity contribution in [2.24, 2.45) is 0 Å². The number of aromatic hydroxyl groups is 1. The van der Waals surface area contributed by atoms with Crippen molar-refractivity contribution in [3.05, 3.63) is 48.3 Å². The fraction of sp³-hybridized carbons (Fsp3) is 0.0769. The van der Waals surface area contributed by atoms with Crippen LogP contribution < -0.4 is 4.74 Å². The third kappa shape index (κ3) is 3.61. The molecule has 6 heteroatoms. The lowest BCUT2D eigenvalue weighted by atomic mass is 10.1. The summed E-state index contributed by atoms with van der Waals surface area (Å²) in [6.07, 6.45) is -4.85. The van der Waals surface area contributed by atoms with E-state index in [1.54, 1.807) is 0 Å². The fourth-order valence-electron chi connectivity index (χ4n) is 1.61. The van der Waals surface area contributed by atoms with Crippen LogP contribution in [0.25, 0.3) is 11.1 Å². The molecule has 0 bridgehead atoms. The number of halogens is 4. The topological polar surface area (TPSA) is 29.5 Å². The highest BCUT2D eigenvalue weighted by Crippen LogP contribution is 2.32. The molecule has 0 aliphatic heterocycles. The highest BCUT2D eigenvalue weighted by Gasteiger charge is 2.31. The zero-order valence-corrected chi connectivity index (χ0v) is 9.41. The van der Waals surface area contributed by atoms with Gasteiger partial charge in [0, 0.05) is 6.07 Å². The van der Waals surface area contributed by atoms with Crippen LogP contribution in [0.15, 0.2) is 42.5 Å². The van der Waals surface area contributed by atoms with Gasteiger partial charge in [0.2, 0.25) is 0 Å². The van der Waals surface area contributed by atoms with Crippen LogP contribution in [-0.4, -0.2) is 11.5 Å². The summed E-state index contributed by atoms with van der Waals surface area (Å²) >= 11 is 0. The molecule has 19 heavy (non-hydrogen) atoms. The molecule has 0 radical (unpaired) electrons. The molecule has 0 atom stereocenters. The Balaban J connectivity index is 2.42. The van der Waals surface area contributed by atoms with Gasteiger partial charge >= 0.3 is 6.36 Å². The molecule has 0 heterocycles. The smallest absolute Gasteiger partial charge is 0.508 e. The van der Waals surface area contributed by atoms with E-state index in [9.17, 15) is 22.7 Å². The van der Waals surface area contributed by atoms with E-state index >= 15 is 0 Å². The number of alkyl halides is 3. The largest absolute Gasteiger partial charge is 0.573 e. The average molecular weight is 272 g/mol. The van der Waals surface area contributed by atoms with Crippen molar-refractivity contribution in [2.75, 3.05) is 0 Å². The number of phenols is 1. The van der Waals surface area contributed by atoms with E-state index in [4.69, 9.17) is 0 Å². The van der Waals surface area contributed by atoms with E-state index in [2.05, 4.69) is 4.74 Å². The van der Waals surface area contributed by atoms with Gasteiger partial charge in [-0.05, 0) is 35.4 Å². The molecule has 0 aromatic heterocycles. The summed E-state index contributed by atoms with van der Waals surface area (Å²) in [4.78, 5) is 0. The maximum absolute atomic E-state index is 13.1. The first-order chi connectivity index (χ1) is 8.83. The number of phenolic OH excluding ortho intramolecular Hbond substituents is 1. The van der Waals surface area contributed by atoms with Crippen molar-refractivity contribution in [3.8, 4) is 22.6 Å². The van der Waals surface area contributed by atoms with Crippen molar-refractivity contribution in [2.45, 2.75) is 6.36 Å². The van der Waals surface area contributed by atoms with Gasteiger partial charge in [-0.25, -0.2) is 4.39 Å². The lowest BCUT2D eigenvalue weighted by molar-refractivity contribution is -0.274. The van der Waals surface area contributed by atoms with Crippen LogP contribution in [0.1, 0.15) is 0 Å². The zero-order valence-electron chi connectivity index (χ0n) is 9.41. The fourth-order valence-corrected chi connectivity index (χ4v) is 1.61. The molecule has 0 saturated carbocycles. The molecule has 2 rings (SSSR count). The summed E-state index contributed by atoms with van der Waals surface area (Å²) in [5.41, 5.74) is 0.557. The molecule has 2 aromatic rings. The van der Waals surface area contributed by atoms with Crippen molar-refractivity contribution in [1.82, 2.24) is 0 Å². The van der Waals surface area contributed by atoms with E-state index in [1.165, 1.54) is 24.3 Å². The molecule has 0 saturated heterocycles. The first kappa shape index (κ1) is 13.2. The van der Waals surface area contributed by atoms with Crippen molar-refractivity contribution in [3.63, 3.8) is 0 Å². The Labute approximate surface area is 105 Å². The Kier molecular flexibility index (Phi) is 3.33. The normalized spacial score (nSPS) is 11.4. The van der Waals surface area contributed by atoms with Crippen LogP contribution in [0.4, 0.5) is 17.6 Å². The molecule has 100 valence electrons. The first-order valence-electron chi connectivity index (χ1n) is 5.19. The van der Waals surface area contributed by atoms with Crippen LogP contribution >= 0.6 is 0 Å². The second kappa shape index (κ2) is 4.79. The molecule has 0 fully saturated rings. The van der Waals surface area contributed by atoms with E-state index < -0.39 is 23.7 Å². The van der Waals surface area contributed by atoms with E-state index in [0.717, 1.165) is 18.2 Å². The molecule has 0 spiro atoms. The Morgan fingerprint density at radius 3 is 2.32 bits per heavy atom. The van der Waals surface area contributed by atoms with Crippen LogP contribution in [0, 0.1) is 5.82 Å². The Morgan fingerprint density at radius 2 is 1.68 bits per heavy atom. The van der Waals surface area contributed by atoms with E-state index in [1.807, 2.05) is 0 Å². The molecule has 1 N–H and O–H groups in total. The minimum Gasteiger partial charge on any atom is -0.508 e. The predicted molar refractivity (Wildman–Crippen MR) is 60.2 cm³/mol. The van der Waals surface area contributed by atoms with Crippen molar-refractivity contribution in [1.29, 1.82) is 0 Å². The molecule has 0 unspecified atom stereocenters. The molecule has 0 aliphatic rings. The van der Waals surface area contributed by atoms with Gasteiger partial charge in [-0.3, -0.25) is 0 Å². The Bertz CT molecular complexity index is 593. The number of rotatable bonds is 2. The Hall–Kier alpha value is -2.24. The highest BCUT2D eigenvalue weighted by atomic mass is 19.4. The van der Waals surface area contributed by atoms with Gasteiger partial charge in [0.25, 0.3) is 0 Å². The highest BCUT2D eigenvalue weighted by molar-refractivity contribution is 5.67. The van der Waals surface area contributed by atoms with Gasteiger partial charge in [-0.2, -0.15) is 0 Å². The van der Waals surface area contributed by atoms with Crippen molar-refractivity contribution < 1.29 is 27.4 Å². The molecule has 0 aliphatic carbocycles. The van der Waals surface area contributed by atoms with Gasteiger partial charge in [0.05, 0.1) is 0 Å². The zero-order chi connectivity index (χ0) is 14.0. The molecular weight excluding hydrogens is 264 g/mol. The summed E-state index contributed by atoms with van der Waals surface area (Å²) in [6, 6.07) is 8.40. The monoisotopic (exact) mass is 272 g/mol. The van der Waals surface area contributed by atoms with E-state index in [-0.39, 0.29) is 5.56 Å². The second-order valence-corrected chi connectivity index (χ2v) is 3.77. The maximum Gasteiger partial charge on any atom is 0.573 e. The summed E-state index contributed by atoms with van der Waals surface area (Å²) in [6.45, 7) is 0. The first-order valence-corrected chi connectivity index (χ1v) is 5.19. The second-order valence-electron chi connectivity index (χ2n) is 3.77. The number of hydrogen-bond acceptors (Lipinski definition) is 2. The average Bonchev–Trinajstić information content (AvgIpc) is 2.25. The summed E-state index contributed by atoms with van der Waals surface area (Å²) < 4.78 is 53.1. The summed E-state index contributed by atoms with van der Waals surface area (Å²) in [5, 5.41) is 9.38. The Morgan fingerprint density at radius 1 is 0.947 bits per heavy atom. The van der Waals surface area contributed by atoms with Gasteiger partial charge < -0.3 is 9.84 Å². The minimum atomic E-state index is -4.85. The third-order valence-corrected chi connectivity index (χ3v) is 2.28. The molecule has 2 aromatic carbocycles. The quantitative estimate of drug-likeness (QED) is 0.834. The summed E-state index contributed by atoms with van der Waals surface area (Å²) in [5.74, 6) is -1.49. The van der Waals surface area contributed by atoms with E-state index in [0.29, 0.717) is 5.56 Å². The number of benzene rings is 2. The summed E-state index contributed by atoms with van der Waals surface area (Å²) in [7, 11) is 0. The maximum atomic E-state index is 13.1. The van der Waals surface area contributed by atoms with Gasteiger partial charge in [-0.15, -0.1) is 13.2 Å². The number of hydrogen-bond donors (Lipinski definition) is 1. The van der Waals surface area contributed by atoms with Gasteiger partial charge in [-0.1, -0.05) is 12.1 Å².